The molecule has 30 heavy (non-hydrogen) atoms. The van der Waals surface area contributed by atoms with Gasteiger partial charge >= 0.3 is 0 Å². The number of unbranched alkanes of at least 4 members (excludes halogenated alkanes) is 2. The van der Waals surface area contributed by atoms with E-state index in [0.717, 1.165) is 24.2 Å². The lowest BCUT2D eigenvalue weighted by Crippen LogP contribution is -2.13. The predicted octanol–water partition coefficient (Wildman–Crippen LogP) is 8.31. The fourth-order valence-electron chi connectivity index (χ4n) is 5.28. The van der Waals surface area contributed by atoms with E-state index in [9.17, 15) is 0 Å². The highest BCUT2D eigenvalue weighted by Gasteiger charge is 2.21. The van der Waals surface area contributed by atoms with Gasteiger partial charge in [0.25, 0.3) is 0 Å². The van der Waals surface area contributed by atoms with Crippen molar-refractivity contribution in [3.05, 3.63) is 42.0 Å². The van der Waals surface area contributed by atoms with E-state index in [2.05, 4.69) is 55.2 Å². The Hall–Kier alpha value is -1.68. The fourth-order valence-corrected chi connectivity index (χ4v) is 5.28. The third kappa shape index (κ3) is 7.54. The Morgan fingerprint density at radius 3 is 2.30 bits per heavy atom. The average molecular weight is 407 g/mol. The molecular weight excluding hydrogens is 364 g/mol. The summed E-state index contributed by atoms with van der Waals surface area (Å²) in [5.41, 5.74) is 1.47. The summed E-state index contributed by atoms with van der Waals surface area (Å²) in [6.45, 7) is 5.07. The van der Waals surface area contributed by atoms with Gasteiger partial charge < -0.3 is 4.74 Å². The summed E-state index contributed by atoms with van der Waals surface area (Å²) in [5, 5.41) is 0. The van der Waals surface area contributed by atoms with Crippen LogP contribution in [0.4, 0.5) is 0 Å². The second-order valence-electron chi connectivity index (χ2n) is 9.47. The fraction of sp³-hybridized carbons (Fsp3) is 0.655. The van der Waals surface area contributed by atoms with E-state index in [-0.39, 0.29) is 0 Å². The topological polar surface area (TPSA) is 9.23 Å². The van der Waals surface area contributed by atoms with Gasteiger partial charge in [0, 0.05) is 5.92 Å². The van der Waals surface area contributed by atoms with Gasteiger partial charge in [0.1, 0.15) is 5.75 Å². The van der Waals surface area contributed by atoms with Crippen LogP contribution in [0.3, 0.4) is 0 Å². The zero-order valence-electron chi connectivity index (χ0n) is 19.4. The van der Waals surface area contributed by atoms with Crippen molar-refractivity contribution in [3.8, 4) is 17.6 Å². The van der Waals surface area contributed by atoms with E-state index in [4.69, 9.17) is 4.74 Å². The van der Waals surface area contributed by atoms with Crippen molar-refractivity contribution in [2.45, 2.75) is 96.8 Å². The molecule has 1 aromatic rings. The second-order valence-corrected chi connectivity index (χ2v) is 9.47. The normalized spacial score (nSPS) is 26.9. The molecule has 0 heterocycles. The van der Waals surface area contributed by atoms with Gasteiger partial charge in [0.15, 0.2) is 0 Å². The Kier molecular flexibility index (Phi) is 9.88. The first-order chi connectivity index (χ1) is 14.8. The predicted molar refractivity (Wildman–Crippen MR) is 129 cm³/mol. The van der Waals surface area contributed by atoms with Crippen LogP contribution in [0.15, 0.2) is 36.4 Å². The van der Waals surface area contributed by atoms with Crippen molar-refractivity contribution in [2.75, 3.05) is 6.61 Å². The SMILES string of the molecule is CCCCCC1CCC(C=CC#CC2CCC(c3ccc(OCC)cc3)CC2)CC1. The molecule has 0 N–H and O–H groups in total. The third-order valence-corrected chi connectivity index (χ3v) is 7.24. The van der Waals surface area contributed by atoms with Crippen LogP contribution in [0.25, 0.3) is 0 Å². The van der Waals surface area contributed by atoms with Gasteiger partial charge in [-0.15, -0.1) is 0 Å². The van der Waals surface area contributed by atoms with Crippen LogP contribution in [-0.2, 0) is 0 Å². The molecule has 1 heteroatoms. The quantitative estimate of drug-likeness (QED) is 0.311. The summed E-state index contributed by atoms with van der Waals surface area (Å²) < 4.78 is 5.56. The lowest BCUT2D eigenvalue weighted by atomic mass is 9.79. The number of ether oxygens (including phenoxy) is 1. The third-order valence-electron chi connectivity index (χ3n) is 7.24. The second kappa shape index (κ2) is 12.9. The van der Waals surface area contributed by atoms with E-state index in [1.54, 1.807) is 0 Å². The zero-order valence-corrected chi connectivity index (χ0v) is 19.4. The maximum absolute atomic E-state index is 5.56. The first-order valence-corrected chi connectivity index (χ1v) is 12.7. The first kappa shape index (κ1) is 23.0. The molecule has 0 unspecified atom stereocenters. The van der Waals surface area contributed by atoms with Gasteiger partial charge in [-0.25, -0.2) is 0 Å². The molecule has 2 aliphatic carbocycles. The molecule has 0 spiro atoms. The van der Waals surface area contributed by atoms with Crippen LogP contribution in [-0.4, -0.2) is 6.61 Å². The lowest BCUT2D eigenvalue weighted by molar-refractivity contribution is 0.289. The highest BCUT2D eigenvalue weighted by molar-refractivity contribution is 5.30. The molecule has 0 saturated heterocycles. The molecular formula is C29H42O. The van der Waals surface area contributed by atoms with Crippen molar-refractivity contribution in [2.24, 2.45) is 17.8 Å². The Morgan fingerprint density at radius 2 is 1.63 bits per heavy atom. The molecule has 2 saturated carbocycles. The summed E-state index contributed by atoms with van der Waals surface area (Å²) in [7, 11) is 0. The molecule has 164 valence electrons. The number of hydrogen-bond donors (Lipinski definition) is 0. The summed E-state index contributed by atoms with van der Waals surface area (Å²) >= 11 is 0. The minimum atomic E-state index is 0.586. The Bertz CT molecular complexity index is 673. The van der Waals surface area contributed by atoms with Crippen LogP contribution < -0.4 is 4.74 Å². The van der Waals surface area contributed by atoms with E-state index >= 15 is 0 Å². The van der Waals surface area contributed by atoms with Crippen molar-refractivity contribution in [3.63, 3.8) is 0 Å². The Morgan fingerprint density at radius 1 is 0.900 bits per heavy atom. The summed E-state index contributed by atoms with van der Waals surface area (Å²) in [4.78, 5) is 0. The molecule has 0 atom stereocenters. The maximum atomic E-state index is 5.56. The highest BCUT2D eigenvalue weighted by atomic mass is 16.5. The van der Waals surface area contributed by atoms with E-state index in [1.165, 1.54) is 82.6 Å². The van der Waals surface area contributed by atoms with Gasteiger partial charge in [-0.1, -0.05) is 62.7 Å². The van der Waals surface area contributed by atoms with Crippen molar-refractivity contribution in [1.29, 1.82) is 0 Å². The average Bonchev–Trinajstić information content (AvgIpc) is 2.79. The molecule has 0 aliphatic heterocycles. The molecule has 0 aromatic heterocycles. The molecule has 2 fully saturated rings. The molecule has 1 nitrogen and oxygen atoms in total. The van der Waals surface area contributed by atoms with Crippen LogP contribution in [0.1, 0.15) is 102 Å². The van der Waals surface area contributed by atoms with Crippen LogP contribution in [0.2, 0.25) is 0 Å². The van der Waals surface area contributed by atoms with Crippen LogP contribution in [0, 0.1) is 29.6 Å². The van der Waals surface area contributed by atoms with Crippen molar-refractivity contribution >= 4 is 0 Å². The van der Waals surface area contributed by atoms with Gasteiger partial charge in [-0.3, -0.25) is 0 Å². The molecule has 3 rings (SSSR count). The first-order valence-electron chi connectivity index (χ1n) is 12.7. The standard InChI is InChI=1S/C29H42O/c1-3-5-6-9-24-12-14-25(15-13-24)10-7-8-11-26-16-18-27(19-17-26)28-20-22-29(23-21-28)30-4-2/h7,10,20-27H,3-6,9,12-19H2,1-2H3. The van der Waals surface area contributed by atoms with Crippen molar-refractivity contribution < 1.29 is 4.74 Å². The number of rotatable bonds is 8. The van der Waals surface area contributed by atoms with Gasteiger partial charge in [-0.2, -0.15) is 0 Å². The van der Waals surface area contributed by atoms with Gasteiger partial charge in [0.2, 0.25) is 0 Å². The molecule has 1 aromatic carbocycles. The molecule has 0 radical (unpaired) electrons. The highest BCUT2D eigenvalue weighted by Crippen LogP contribution is 2.36. The zero-order chi connectivity index (χ0) is 21.0. The summed E-state index contributed by atoms with van der Waals surface area (Å²) in [6, 6.07) is 8.74. The van der Waals surface area contributed by atoms with Crippen molar-refractivity contribution in [1.82, 2.24) is 0 Å². The molecule has 2 aliphatic rings. The number of benzene rings is 1. The smallest absolute Gasteiger partial charge is 0.119 e. The van der Waals surface area contributed by atoms with Gasteiger partial charge in [0.05, 0.1) is 6.61 Å². The minimum Gasteiger partial charge on any atom is -0.494 e. The molecule has 0 bridgehead atoms. The Balaban J connectivity index is 1.35. The van der Waals surface area contributed by atoms with E-state index < -0.39 is 0 Å². The largest absolute Gasteiger partial charge is 0.494 e. The van der Waals surface area contributed by atoms with E-state index in [0.29, 0.717) is 11.8 Å². The number of allylic oxidation sites excluding steroid dienone is 2. The minimum absolute atomic E-state index is 0.586. The number of hydrogen-bond acceptors (Lipinski definition) is 1. The molecule has 0 amide bonds. The van der Waals surface area contributed by atoms with Gasteiger partial charge in [-0.05, 0) is 99.8 Å². The summed E-state index contributed by atoms with van der Waals surface area (Å²) in [5.74, 6) is 11.0. The monoisotopic (exact) mass is 406 g/mol. The maximum Gasteiger partial charge on any atom is 0.119 e. The van der Waals surface area contributed by atoms with Crippen LogP contribution >= 0.6 is 0 Å². The van der Waals surface area contributed by atoms with E-state index in [1.807, 2.05) is 6.92 Å². The Labute approximate surface area is 185 Å². The van der Waals surface area contributed by atoms with Crippen LogP contribution in [0.5, 0.6) is 5.75 Å². The summed E-state index contributed by atoms with van der Waals surface area (Å²) in [6.07, 6.45) is 20.9. The lowest BCUT2D eigenvalue weighted by Gasteiger charge is -2.26.